The predicted octanol–water partition coefficient (Wildman–Crippen LogP) is 4.91. The Morgan fingerprint density at radius 1 is 0.889 bits per heavy atom. The highest BCUT2D eigenvalue weighted by Crippen LogP contribution is 2.29. The first kappa shape index (κ1) is 13.6. The topological polar surface area (TPSA) is 9.23 Å². The molecule has 1 nitrogen and oxygen atoms in total. The number of hydrogen-bond donors (Lipinski definition) is 0. The average molecular weight is 245 g/mol. The molecule has 1 aliphatic carbocycles. The molecule has 1 saturated carbocycles. The van der Waals surface area contributed by atoms with E-state index >= 15 is 0 Å². The van der Waals surface area contributed by atoms with E-state index in [1.54, 1.807) is 0 Å². The van der Waals surface area contributed by atoms with Gasteiger partial charge in [0.2, 0.25) is 0 Å². The van der Waals surface area contributed by atoms with Gasteiger partial charge in [0.05, 0.1) is 6.61 Å². The molecule has 0 amide bonds. The Kier molecular flexibility index (Phi) is 6.28. The van der Waals surface area contributed by atoms with Crippen LogP contribution in [-0.4, -0.2) is 6.61 Å². The van der Waals surface area contributed by atoms with Gasteiger partial charge in [0.1, 0.15) is 0 Å². The van der Waals surface area contributed by atoms with Crippen LogP contribution in [-0.2, 0) is 11.3 Å². The van der Waals surface area contributed by atoms with Crippen molar-refractivity contribution in [2.75, 3.05) is 6.61 Å². The molecule has 99 valence electrons. The monoisotopic (exact) mass is 245 g/mol. The maximum absolute atomic E-state index is 5.70. The molecule has 0 atom stereocenters. The molecule has 1 fully saturated rings. The van der Waals surface area contributed by atoms with Crippen LogP contribution < -0.4 is 0 Å². The van der Waals surface area contributed by atoms with E-state index in [9.17, 15) is 0 Å². The van der Waals surface area contributed by atoms with Crippen LogP contribution in [0.25, 0.3) is 0 Å². The van der Waals surface area contributed by atoms with E-state index in [4.69, 9.17) is 4.74 Å². The zero-order valence-electron chi connectivity index (χ0n) is 11.4. The van der Waals surface area contributed by atoms with Gasteiger partial charge < -0.3 is 4.74 Å². The van der Waals surface area contributed by atoms with Crippen LogP contribution in [0.4, 0.5) is 0 Å². The lowest BCUT2D eigenvalue weighted by Gasteiger charge is -2.20. The van der Waals surface area contributed by atoms with E-state index < -0.39 is 0 Å². The summed E-state index contributed by atoms with van der Waals surface area (Å²) in [6.45, 7) is 1.67. The van der Waals surface area contributed by atoms with Gasteiger partial charge in [-0.3, -0.25) is 0 Å². The van der Waals surface area contributed by atoms with E-state index in [-0.39, 0.29) is 0 Å². The maximum Gasteiger partial charge on any atom is 0.0716 e. The zero-order chi connectivity index (χ0) is 12.5. The summed E-state index contributed by atoms with van der Waals surface area (Å²) in [7, 11) is 0. The Labute approximate surface area is 112 Å². The van der Waals surface area contributed by atoms with Crippen molar-refractivity contribution >= 4 is 0 Å². The molecule has 0 aromatic heterocycles. The molecule has 0 heterocycles. The molecule has 1 radical (unpaired) electrons. The summed E-state index contributed by atoms with van der Waals surface area (Å²) >= 11 is 0. The van der Waals surface area contributed by atoms with Crippen LogP contribution in [0.15, 0.2) is 30.3 Å². The minimum atomic E-state index is 0.761. The van der Waals surface area contributed by atoms with E-state index in [1.165, 1.54) is 56.9 Å². The molecule has 1 aliphatic rings. The summed E-state index contributed by atoms with van der Waals surface area (Å²) in [5, 5.41) is 0. The number of rotatable bonds is 7. The first-order chi connectivity index (χ1) is 8.95. The Morgan fingerprint density at radius 3 is 2.44 bits per heavy atom. The van der Waals surface area contributed by atoms with Crippen molar-refractivity contribution in [3.63, 3.8) is 0 Å². The van der Waals surface area contributed by atoms with Crippen LogP contribution in [0.2, 0.25) is 0 Å². The first-order valence-electron chi connectivity index (χ1n) is 7.40. The second-order valence-electron chi connectivity index (χ2n) is 5.31. The number of benzene rings is 1. The Balaban J connectivity index is 1.46. The number of ether oxygens (including phenoxy) is 1. The van der Waals surface area contributed by atoms with Gasteiger partial charge in [-0.1, -0.05) is 56.0 Å². The van der Waals surface area contributed by atoms with Crippen molar-refractivity contribution in [1.82, 2.24) is 0 Å². The zero-order valence-corrected chi connectivity index (χ0v) is 11.4. The first-order valence-corrected chi connectivity index (χ1v) is 7.40. The lowest BCUT2D eigenvalue weighted by Crippen LogP contribution is -2.04. The molecule has 1 heteroatoms. The van der Waals surface area contributed by atoms with Crippen molar-refractivity contribution < 1.29 is 4.74 Å². The molecule has 0 unspecified atom stereocenters. The fourth-order valence-electron chi connectivity index (χ4n) is 2.65. The van der Waals surface area contributed by atoms with E-state index in [0.29, 0.717) is 0 Å². The van der Waals surface area contributed by atoms with Crippen LogP contribution in [0, 0.1) is 5.92 Å². The lowest BCUT2D eigenvalue weighted by atomic mass is 9.86. The Hall–Kier alpha value is -0.820. The molecule has 2 rings (SSSR count). The highest BCUT2D eigenvalue weighted by molar-refractivity contribution is 5.13. The fourth-order valence-corrected chi connectivity index (χ4v) is 2.65. The molecule has 0 spiro atoms. The molecule has 18 heavy (non-hydrogen) atoms. The summed E-state index contributed by atoms with van der Waals surface area (Å²) in [4.78, 5) is 0. The van der Waals surface area contributed by atoms with Crippen LogP contribution in [0.1, 0.15) is 56.9 Å². The predicted molar refractivity (Wildman–Crippen MR) is 76.3 cm³/mol. The molecule has 0 saturated heterocycles. The summed E-state index contributed by atoms with van der Waals surface area (Å²) in [6, 6.07) is 10.4. The third-order valence-corrected chi connectivity index (χ3v) is 3.74. The smallest absolute Gasteiger partial charge is 0.0716 e. The van der Waals surface area contributed by atoms with Crippen LogP contribution in [0.5, 0.6) is 0 Å². The SMILES string of the molecule is c1ccc(COCCCC[C]2CCCCC2)cc1. The second-order valence-corrected chi connectivity index (χ2v) is 5.31. The van der Waals surface area contributed by atoms with E-state index in [1.807, 2.05) is 12.0 Å². The van der Waals surface area contributed by atoms with Crippen LogP contribution in [0.3, 0.4) is 0 Å². The Bertz CT molecular complexity index is 301. The third kappa shape index (κ3) is 5.22. The summed E-state index contributed by atoms with van der Waals surface area (Å²) < 4.78 is 5.70. The molecule has 0 aliphatic heterocycles. The van der Waals surface area contributed by atoms with Gasteiger partial charge in [-0.2, -0.15) is 0 Å². The van der Waals surface area contributed by atoms with Gasteiger partial charge in [-0.25, -0.2) is 0 Å². The normalized spacial score (nSPS) is 16.9. The largest absolute Gasteiger partial charge is 0.377 e. The Morgan fingerprint density at radius 2 is 1.67 bits per heavy atom. The maximum atomic E-state index is 5.70. The quantitative estimate of drug-likeness (QED) is 0.620. The highest BCUT2D eigenvalue weighted by atomic mass is 16.5. The summed E-state index contributed by atoms with van der Waals surface area (Å²) in [5.74, 6) is 1.81. The van der Waals surface area contributed by atoms with Gasteiger partial charge >= 0.3 is 0 Å². The standard InChI is InChI=1S/C17H25O/c1-3-9-16(10-4-1)11-7-8-14-18-15-17-12-5-2-6-13-17/h2,5-6,12-13H,1,3-4,7-11,14-15H2. The highest BCUT2D eigenvalue weighted by Gasteiger charge is 2.12. The average Bonchev–Trinajstić information content (AvgIpc) is 2.45. The van der Waals surface area contributed by atoms with Gasteiger partial charge in [-0.15, -0.1) is 0 Å². The van der Waals surface area contributed by atoms with Gasteiger partial charge in [0.15, 0.2) is 0 Å². The van der Waals surface area contributed by atoms with Crippen molar-refractivity contribution in [3.8, 4) is 0 Å². The molecule has 0 bridgehead atoms. The van der Waals surface area contributed by atoms with Gasteiger partial charge in [0, 0.05) is 6.61 Å². The third-order valence-electron chi connectivity index (χ3n) is 3.74. The minimum absolute atomic E-state index is 0.761. The summed E-state index contributed by atoms with van der Waals surface area (Å²) in [5.41, 5.74) is 1.28. The van der Waals surface area contributed by atoms with Crippen molar-refractivity contribution in [3.05, 3.63) is 41.8 Å². The number of unbranched alkanes of at least 4 members (excludes halogenated alkanes) is 1. The van der Waals surface area contributed by atoms with E-state index in [2.05, 4.69) is 24.3 Å². The van der Waals surface area contributed by atoms with Crippen molar-refractivity contribution in [1.29, 1.82) is 0 Å². The molecule has 1 aromatic carbocycles. The molecule has 1 aromatic rings. The van der Waals surface area contributed by atoms with E-state index in [0.717, 1.165) is 13.2 Å². The fraction of sp³-hybridized carbons (Fsp3) is 0.588. The molecular formula is C17H25O. The molecular weight excluding hydrogens is 220 g/mol. The minimum Gasteiger partial charge on any atom is -0.377 e. The molecule has 0 N–H and O–H groups in total. The van der Waals surface area contributed by atoms with Crippen molar-refractivity contribution in [2.45, 2.75) is 58.0 Å². The second kappa shape index (κ2) is 8.31. The summed E-state index contributed by atoms with van der Waals surface area (Å²) in [6.07, 6.45) is 11.0. The van der Waals surface area contributed by atoms with Crippen LogP contribution >= 0.6 is 0 Å². The van der Waals surface area contributed by atoms with Crippen molar-refractivity contribution in [2.24, 2.45) is 0 Å². The van der Waals surface area contributed by atoms with Gasteiger partial charge in [0.25, 0.3) is 0 Å². The lowest BCUT2D eigenvalue weighted by molar-refractivity contribution is 0.117. The number of hydrogen-bond acceptors (Lipinski definition) is 1. The van der Waals surface area contributed by atoms with Gasteiger partial charge in [-0.05, 0) is 37.2 Å².